The number of hydrogen-bond acceptors (Lipinski definition) is 5. The van der Waals surface area contributed by atoms with Crippen molar-refractivity contribution in [2.45, 2.75) is 38.3 Å². The minimum Gasteiger partial charge on any atom is -0.409 e. The van der Waals surface area contributed by atoms with Crippen LogP contribution < -0.4 is 11.1 Å². The Morgan fingerprint density at radius 3 is 3.05 bits per heavy atom. The maximum Gasteiger partial charge on any atom is 0.188 e. The van der Waals surface area contributed by atoms with E-state index in [9.17, 15) is 0 Å². The first kappa shape index (κ1) is 14.7. The van der Waals surface area contributed by atoms with Crippen molar-refractivity contribution < 1.29 is 9.94 Å². The molecular formula is C14H22N4O2. The van der Waals surface area contributed by atoms with Crippen LogP contribution in [0.2, 0.25) is 0 Å². The van der Waals surface area contributed by atoms with Crippen molar-refractivity contribution in [2.24, 2.45) is 10.9 Å². The van der Waals surface area contributed by atoms with Crippen molar-refractivity contribution in [3.63, 3.8) is 0 Å². The van der Waals surface area contributed by atoms with Gasteiger partial charge in [0.25, 0.3) is 0 Å². The Bertz CT molecular complexity index is 445. The molecule has 0 aromatic carbocycles. The summed E-state index contributed by atoms with van der Waals surface area (Å²) in [6, 6.07) is 3.71. The molecule has 1 aliphatic carbocycles. The van der Waals surface area contributed by atoms with Gasteiger partial charge in [-0.25, -0.2) is 0 Å². The summed E-state index contributed by atoms with van der Waals surface area (Å²) in [6.45, 7) is 2.27. The van der Waals surface area contributed by atoms with E-state index in [0.717, 1.165) is 18.7 Å². The van der Waals surface area contributed by atoms with E-state index in [4.69, 9.17) is 15.7 Å². The minimum absolute atomic E-state index is 0.0245. The van der Waals surface area contributed by atoms with Crippen LogP contribution in [0.5, 0.6) is 0 Å². The molecule has 1 aromatic rings. The number of oxime groups is 1. The molecule has 0 atom stereocenters. The molecule has 1 fully saturated rings. The highest BCUT2D eigenvalue weighted by molar-refractivity contribution is 5.95. The minimum atomic E-state index is 0.0245. The Morgan fingerprint density at radius 2 is 2.30 bits per heavy atom. The third kappa shape index (κ3) is 4.47. The Balaban J connectivity index is 1.68. The van der Waals surface area contributed by atoms with E-state index in [1.807, 2.05) is 6.07 Å². The van der Waals surface area contributed by atoms with Gasteiger partial charge in [-0.05, 0) is 30.5 Å². The van der Waals surface area contributed by atoms with E-state index in [2.05, 4.69) is 15.5 Å². The maximum atomic E-state index is 8.62. The second kappa shape index (κ2) is 7.81. The first-order valence-corrected chi connectivity index (χ1v) is 7.04. The van der Waals surface area contributed by atoms with Crippen LogP contribution in [-0.4, -0.2) is 35.3 Å². The highest BCUT2D eigenvalue weighted by Crippen LogP contribution is 2.20. The normalized spacial score (nSPS) is 16.7. The third-order valence-corrected chi connectivity index (χ3v) is 3.46. The van der Waals surface area contributed by atoms with Gasteiger partial charge in [-0.3, -0.25) is 4.98 Å². The molecule has 0 bridgehead atoms. The zero-order chi connectivity index (χ0) is 14.2. The first-order chi connectivity index (χ1) is 9.79. The van der Waals surface area contributed by atoms with E-state index < -0.39 is 0 Å². The molecule has 0 amide bonds. The van der Waals surface area contributed by atoms with E-state index in [1.165, 1.54) is 25.7 Å². The van der Waals surface area contributed by atoms with Crippen molar-refractivity contribution in [1.29, 1.82) is 0 Å². The molecule has 1 heterocycles. The van der Waals surface area contributed by atoms with Crippen molar-refractivity contribution in [1.82, 2.24) is 10.3 Å². The van der Waals surface area contributed by atoms with Gasteiger partial charge in [0, 0.05) is 19.3 Å². The lowest BCUT2D eigenvalue weighted by Gasteiger charge is -2.11. The molecule has 4 N–H and O–H groups in total. The predicted octanol–water partition coefficient (Wildman–Crippen LogP) is 1.22. The number of pyridine rings is 1. The van der Waals surface area contributed by atoms with Crippen LogP contribution in [0.25, 0.3) is 0 Å². The molecule has 2 rings (SSSR count). The number of hydrogen-bond donors (Lipinski definition) is 3. The van der Waals surface area contributed by atoms with E-state index in [0.29, 0.717) is 18.3 Å². The van der Waals surface area contributed by atoms with Crippen molar-refractivity contribution in [3.05, 3.63) is 29.6 Å². The summed E-state index contributed by atoms with van der Waals surface area (Å²) in [5, 5.41) is 14.9. The van der Waals surface area contributed by atoms with Crippen LogP contribution in [0.1, 0.15) is 36.9 Å². The number of nitrogens with one attached hydrogen (secondary N) is 1. The number of nitrogens with zero attached hydrogens (tertiary/aromatic N) is 2. The van der Waals surface area contributed by atoms with Crippen LogP contribution in [-0.2, 0) is 11.3 Å². The quantitative estimate of drug-likeness (QED) is 0.229. The standard InChI is InChI=1S/C14H22N4O2/c15-14(18-19)13-9-11(5-6-17-13)10-16-7-8-20-12-3-1-2-4-12/h5-6,9,12,16,19H,1-4,7-8,10H2,(H2,15,18). The molecule has 20 heavy (non-hydrogen) atoms. The van der Waals surface area contributed by atoms with Gasteiger partial charge in [0.15, 0.2) is 5.84 Å². The number of aromatic nitrogens is 1. The van der Waals surface area contributed by atoms with Gasteiger partial charge in [0.05, 0.1) is 12.7 Å². The van der Waals surface area contributed by atoms with Crippen LogP contribution >= 0.6 is 0 Å². The molecule has 0 spiro atoms. The first-order valence-electron chi connectivity index (χ1n) is 7.04. The molecule has 1 aromatic heterocycles. The van der Waals surface area contributed by atoms with Gasteiger partial charge in [-0.2, -0.15) is 0 Å². The fourth-order valence-electron chi connectivity index (χ4n) is 2.36. The van der Waals surface area contributed by atoms with E-state index in [1.54, 1.807) is 12.3 Å². The topological polar surface area (TPSA) is 92.8 Å². The largest absolute Gasteiger partial charge is 0.409 e. The van der Waals surface area contributed by atoms with Gasteiger partial charge in [-0.1, -0.05) is 18.0 Å². The highest BCUT2D eigenvalue weighted by Gasteiger charge is 2.14. The van der Waals surface area contributed by atoms with Gasteiger partial charge in [0.1, 0.15) is 5.69 Å². The summed E-state index contributed by atoms with van der Waals surface area (Å²) in [5.41, 5.74) is 7.03. The zero-order valence-corrected chi connectivity index (χ0v) is 11.6. The van der Waals surface area contributed by atoms with E-state index in [-0.39, 0.29) is 5.84 Å². The summed E-state index contributed by atoms with van der Waals surface area (Å²) in [7, 11) is 0. The fourth-order valence-corrected chi connectivity index (χ4v) is 2.36. The Morgan fingerprint density at radius 1 is 1.50 bits per heavy atom. The molecule has 1 saturated carbocycles. The summed E-state index contributed by atoms with van der Waals surface area (Å²) in [5.74, 6) is 0.0245. The molecule has 0 unspecified atom stereocenters. The average molecular weight is 278 g/mol. The summed E-state index contributed by atoms with van der Waals surface area (Å²) in [6.07, 6.45) is 7.11. The lowest BCUT2D eigenvalue weighted by Crippen LogP contribution is -2.22. The third-order valence-electron chi connectivity index (χ3n) is 3.46. The average Bonchev–Trinajstić information content (AvgIpc) is 2.99. The lowest BCUT2D eigenvalue weighted by atomic mass is 10.2. The van der Waals surface area contributed by atoms with Crippen LogP contribution in [0.15, 0.2) is 23.5 Å². The number of nitrogens with two attached hydrogens (primary N) is 1. The molecule has 0 radical (unpaired) electrons. The van der Waals surface area contributed by atoms with Crippen molar-refractivity contribution >= 4 is 5.84 Å². The maximum absolute atomic E-state index is 8.62. The summed E-state index contributed by atoms with van der Waals surface area (Å²) >= 11 is 0. The molecule has 6 nitrogen and oxygen atoms in total. The molecule has 0 saturated heterocycles. The molecular weight excluding hydrogens is 256 g/mol. The second-order valence-electron chi connectivity index (χ2n) is 4.99. The molecule has 0 aliphatic heterocycles. The molecule has 6 heteroatoms. The Kier molecular flexibility index (Phi) is 5.76. The Hall–Kier alpha value is -1.66. The smallest absolute Gasteiger partial charge is 0.188 e. The van der Waals surface area contributed by atoms with Crippen LogP contribution in [0, 0.1) is 0 Å². The number of amidine groups is 1. The van der Waals surface area contributed by atoms with Crippen molar-refractivity contribution in [2.75, 3.05) is 13.2 Å². The van der Waals surface area contributed by atoms with Crippen LogP contribution in [0.3, 0.4) is 0 Å². The Labute approximate surface area is 119 Å². The number of rotatable bonds is 7. The van der Waals surface area contributed by atoms with E-state index >= 15 is 0 Å². The summed E-state index contributed by atoms with van der Waals surface area (Å²) < 4.78 is 5.77. The highest BCUT2D eigenvalue weighted by atomic mass is 16.5. The monoisotopic (exact) mass is 278 g/mol. The summed E-state index contributed by atoms with van der Waals surface area (Å²) in [4.78, 5) is 4.04. The second-order valence-corrected chi connectivity index (χ2v) is 4.99. The van der Waals surface area contributed by atoms with Gasteiger partial charge < -0.3 is 21.0 Å². The molecule has 1 aliphatic rings. The van der Waals surface area contributed by atoms with Crippen molar-refractivity contribution in [3.8, 4) is 0 Å². The fraction of sp³-hybridized carbons (Fsp3) is 0.571. The van der Waals surface area contributed by atoms with Gasteiger partial charge in [-0.15, -0.1) is 0 Å². The molecule has 110 valence electrons. The predicted molar refractivity (Wildman–Crippen MR) is 76.7 cm³/mol. The van der Waals surface area contributed by atoms with Gasteiger partial charge in [0.2, 0.25) is 0 Å². The SMILES string of the molecule is NC(=NO)c1cc(CNCCOC2CCCC2)ccn1. The van der Waals surface area contributed by atoms with Gasteiger partial charge >= 0.3 is 0 Å². The van der Waals surface area contributed by atoms with Crippen LogP contribution in [0.4, 0.5) is 0 Å². The zero-order valence-electron chi connectivity index (χ0n) is 11.6. The lowest BCUT2D eigenvalue weighted by molar-refractivity contribution is 0.0603. The number of ether oxygens (including phenoxy) is 1.